The van der Waals surface area contributed by atoms with Gasteiger partial charge in [-0.3, -0.25) is 9.59 Å². The van der Waals surface area contributed by atoms with Crippen molar-refractivity contribution in [1.82, 2.24) is 19.8 Å². The number of piperidine rings is 1. The number of aromatic nitrogens is 2. The fraction of sp³-hybridized carbons (Fsp3) is 0.324. The number of hydrogen-bond donors (Lipinski definition) is 3. The number of nitrogens with one attached hydrogen (secondary N) is 2. The normalized spacial score (nSPS) is 14.1. The summed E-state index contributed by atoms with van der Waals surface area (Å²) in [5.41, 5.74) is 3.62. The van der Waals surface area contributed by atoms with E-state index in [1.54, 1.807) is 12.4 Å². The van der Waals surface area contributed by atoms with Gasteiger partial charge >= 0.3 is 0 Å². The van der Waals surface area contributed by atoms with Crippen molar-refractivity contribution < 1.29 is 14.7 Å². The third kappa shape index (κ3) is 9.40. The molecule has 3 N–H and O–H groups in total. The van der Waals surface area contributed by atoms with Gasteiger partial charge in [-0.1, -0.05) is 72.8 Å². The Morgan fingerprint density at radius 1 is 0.841 bits per heavy atom. The van der Waals surface area contributed by atoms with E-state index in [-0.39, 0.29) is 43.0 Å². The predicted molar refractivity (Wildman–Crippen MR) is 178 cm³/mol. The van der Waals surface area contributed by atoms with Crippen molar-refractivity contribution in [3.05, 3.63) is 120 Å². The number of hydrogen-bond acceptors (Lipinski definition) is 5. The number of rotatable bonds is 12. The topological polar surface area (TPSA) is 99.5 Å². The van der Waals surface area contributed by atoms with Crippen LogP contribution in [0.25, 0.3) is 0 Å². The lowest BCUT2D eigenvalue weighted by Gasteiger charge is -2.31. The number of benzene rings is 3. The Labute approximate surface area is 271 Å². The number of aliphatic hydroxyl groups excluding tert-OH is 1. The molecule has 1 saturated heterocycles. The number of imidazole rings is 1. The van der Waals surface area contributed by atoms with Crippen LogP contribution in [0, 0.1) is 0 Å². The van der Waals surface area contributed by atoms with E-state index in [1.807, 2.05) is 94.4 Å². The van der Waals surface area contributed by atoms with Gasteiger partial charge < -0.3 is 25.2 Å². The maximum Gasteiger partial charge on any atom is 0.250 e. The molecule has 0 saturated carbocycles. The molecule has 5 rings (SSSR count). The van der Waals surface area contributed by atoms with Gasteiger partial charge in [0.15, 0.2) is 0 Å². The fourth-order valence-electron chi connectivity index (χ4n) is 5.43. The SMILES string of the molecule is Cl.Cl.O=C(Cc1nccn1C(C(=O)N1CCCCC1)c1ccccc1)Nc1ccc(CCNCC(O)c2ccccc2)cc1. The van der Waals surface area contributed by atoms with Crippen LogP contribution >= 0.6 is 24.8 Å². The van der Waals surface area contributed by atoms with Crippen molar-refractivity contribution in [3.8, 4) is 0 Å². The zero-order valence-electron chi connectivity index (χ0n) is 24.7. The highest BCUT2D eigenvalue weighted by atomic mass is 35.5. The van der Waals surface area contributed by atoms with Crippen LogP contribution in [-0.2, 0) is 22.4 Å². The molecule has 8 nitrogen and oxygen atoms in total. The number of carbonyl (C=O) groups is 2. The van der Waals surface area contributed by atoms with Gasteiger partial charge in [0, 0.05) is 37.7 Å². The Morgan fingerprint density at radius 2 is 1.48 bits per heavy atom. The molecule has 0 radical (unpaired) electrons. The van der Waals surface area contributed by atoms with E-state index < -0.39 is 12.1 Å². The van der Waals surface area contributed by atoms with Crippen molar-refractivity contribution in [2.45, 2.75) is 44.2 Å². The van der Waals surface area contributed by atoms with Crippen molar-refractivity contribution in [2.24, 2.45) is 0 Å². The molecular formula is C34H41Cl2N5O3. The van der Waals surface area contributed by atoms with E-state index in [0.29, 0.717) is 18.1 Å². The summed E-state index contributed by atoms with van der Waals surface area (Å²) in [6.45, 7) is 2.74. The van der Waals surface area contributed by atoms with E-state index in [9.17, 15) is 14.7 Å². The van der Waals surface area contributed by atoms with Crippen LogP contribution in [0.2, 0.25) is 0 Å². The number of halogens is 2. The largest absolute Gasteiger partial charge is 0.387 e. The first kappa shape index (κ1) is 34.8. The van der Waals surface area contributed by atoms with E-state index in [1.165, 1.54) is 0 Å². The highest BCUT2D eigenvalue weighted by molar-refractivity contribution is 5.92. The minimum Gasteiger partial charge on any atom is -0.387 e. The van der Waals surface area contributed by atoms with E-state index in [2.05, 4.69) is 15.6 Å². The molecule has 2 atom stereocenters. The molecule has 1 fully saturated rings. The average molecular weight is 639 g/mol. The molecule has 0 bridgehead atoms. The van der Waals surface area contributed by atoms with Gasteiger partial charge in [0.25, 0.3) is 0 Å². The summed E-state index contributed by atoms with van der Waals surface area (Å²) in [7, 11) is 0. The second kappa shape index (κ2) is 17.6. The molecule has 1 aliphatic heterocycles. The van der Waals surface area contributed by atoms with Gasteiger partial charge in [-0.15, -0.1) is 24.8 Å². The number of likely N-dealkylation sites (tertiary alicyclic amines) is 1. The number of nitrogens with zero attached hydrogens (tertiary/aromatic N) is 3. The predicted octanol–water partition coefficient (Wildman–Crippen LogP) is 5.38. The van der Waals surface area contributed by atoms with Crippen LogP contribution in [0.1, 0.15) is 53.9 Å². The summed E-state index contributed by atoms with van der Waals surface area (Å²) < 4.78 is 1.84. The van der Waals surface area contributed by atoms with E-state index in [0.717, 1.165) is 62.0 Å². The molecule has 4 aromatic rings. The standard InChI is InChI=1S/C34H39N5O3.2ClH/c40-30(27-10-4-1-5-11-27)25-35-19-18-26-14-16-29(17-15-26)37-32(41)24-31-36-20-23-39(31)33(28-12-6-2-7-13-28)34(42)38-21-8-3-9-22-38;;/h1-2,4-7,10-17,20,23,30,33,35,40H,3,8-9,18-19,21-22,24-25H2,(H,37,41);2*1H. The highest BCUT2D eigenvalue weighted by Gasteiger charge is 2.30. The maximum atomic E-state index is 13.7. The third-order valence-corrected chi connectivity index (χ3v) is 7.71. The van der Waals surface area contributed by atoms with Crippen LogP contribution < -0.4 is 10.6 Å². The minimum atomic E-state index is -0.559. The zero-order valence-corrected chi connectivity index (χ0v) is 26.3. The minimum absolute atomic E-state index is 0. The first-order valence-electron chi connectivity index (χ1n) is 14.8. The molecule has 2 unspecified atom stereocenters. The quantitative estimate of drug-likeness (QED) is 0.181. The summed E-state index contributed by atoms with van der Waals surface area (Å²) in [5, 5.41) is 16.6. The highest BCUT2D eigenvalue weighted by Crippen LogP contribution is 2.25. The Hall–Kier alpha value is -3.69. The van der Waals surface area contributed by atoms with Crippen LogP contribution in [0.3, 0.4) is 0 Å². The van der Waals surface area contributed by atoms with Crippen molar-refractivity contribution in [1.29, 1.82) is 0 Å². The molecular weight excluding hydrogens is 597 g/mol. The molecule has 0 aliphatic carbocycles. The molecule has 2 heterocycles. The molecule has 44 heavy (non-hydrogen) atoms. The number of anilines is 1. The van der Waals surface area contributed by atoms with Crippen LogP contribution in [0.4, 0.5) is 5.69 Å². The van der Waals surface area contributed by atoms with Crippen LogP contribution in [0.15, 0.2) is 97.3 Å². The summed E-state index contributed by atoms with van der Waals surface area (Å²) >= 11 is 0. The van der Waals surface area contributed by atoms with E-state index >= 15 is 0 Å². The summed E-state index contributed by atoms with van der Waals surface area (Å²) in [6, 6.07) is 26.6. The summed E-state index contributed by atoms with van der Waals surface area (Å²) in [6.07, 6.45) is 6.95. The molecule has 1 aromatic heterocycles. The zero-order chi connectivity index (χ0) is 29.1. The summed E-state index contributed by atoms with van der Waals surface area (Å²) in [5.74, 6) is 0.399. The number of aliphatic hydroxyl groups is 1. The van der Waals surface area contributed by atoms with Gasteiger partial charge in [0.1, 0.15) is 11.9 Å². The Balaban J connectivity index is 0.00000264. The number of amides is 2. The van der Waals surface area contributed by atoms with Crippen molar-refractivity contribution >= 4 is 42.3 Å². The summed E-state index contributed by atoms with van der Waals surface area (Å²) in [4.78, 5) is 33.2. The Morgan fingerprint density at radius 3 is 2.14 bits per heavy atom. The van der Waals surface area contributed by atoms with Gasteiger partial charge in [-0.05, 0) is 61.1 Å². The molecule has 10 heteroatoms. The first-order valence-corrected chi connectivity index (χ1v) is 14.8. The fourth-order valence-corrected chi connectivity index (χ4v) is 5.43. The van der Waals surface area contributed by atoms with Gasteiger partial charge in [-0.2, -0.15) is 0 Å². The smallest absolute Gasteiger partial charge is 0.250 e. The van der Waals surface area contributed by atoms with Crippen molar-refractivity contribution in [3.63, 3.8) is 0 Å². The third-order valence-electron chi connectivity index (χ3n) is 7.71. The molecule has 0 spiro atoms. The monoisotopic (exact) mass is 637 g/mol. The second-order valence-electron chi connectivity index (χ2n) is 10.8. The molecule has 234 valence electrons. The lowest BCUT2D eigenvalue weighted by Crippen LogP contribution is -2.41. The molecule has 2 amide bonds. The first-order chi connectivity index (χ1) is 20.6. The Kier molecular flexibility index (Phi) is 13.9. The molecule has 1 aliphatic rings. The van der Waals surface area contributed by atoms with Gasteiger partial charge in [0.05, 0.1) is 12.5 Å². The lowest BCUT2D eigenvalue weighted by molar-refractivity contribution is -0.134. The average Bonchev–Trinajstić information content (AvgIpc) is 3.48. The number of carbonyl (C=O) groups excluding carboxylic acids is 2. The van der Waals surface area contributed by atoms with Crippen molar-refractivity contribution in [2.75, 3.05) is 31.5 Å². The molecule has 3 aromatic carbocycles. The van der Waals surface area contributed by atoms with Crippen LogP contribution in [-0.4, -0.2) is 57.6 Å². The lowest BCUT2D eigenvalue weighted by atomic mass is 10.0. The Bertz CT molecular complexity index is 1430. The maximum absolute atomic E-state index is 13.7. The second-order valence-corrected chi connectivity index (χ2v) is 10.8. The van der Waals surface area contributed by atoms with Gasteiger partial charge in [0.2, 0.25) is 11.8 Å². The van der Waals surface area contributed by atoms with E-state index in [4.69, 9.17) is 0 Å². The van der Waals surface area contributed by atoms with Crippen LogP contribution in [0.5, 0.6) is 0 Å². The van der Waals surface area contributed by atoms with Gasteiger partial charge in [-0.25, -0.2) is 4.98 Å².